The van der Waals surface area contributed by atoms with Crippen LogP contribution in [-0.2, 0) is 16.1 Å². The number of anilines is 1. The van der Waals surface area contributed by atoms with Crippen LogP contribution in [0, 0.1) is 6.92 Å². The topological polar surface area (TPSA) is 89.8 Å². The zero-order valence-electron chi connectivity index (χ0n) is 20.5. The normalized spacial score (nSPS) is 14.7. The Morgan fingerprint density at radius 1 is 0.973 bits per heavy atom. The van der Waals surface area contributed by atoms with Gasteiger partial charge in [0.2, 0.25) is 6.29 Å². The molecule has 4 aromatic rings. The van der Waals surface area contributed by atoms with Gasteiger partial charge < -0.3 is 24.5 Å². The lowest BCUT2D eigenvalue weighted by Gasteiger charge is -2.16. The highest BCUT2D eigenvalue weighted by Crippen LogP contribution is 2.41. The van der Waals surface area contributed by atoms with Crippen molar-refractivity contribution in [2.75, 3.05) is 12.4 Å². The number of para-hydroxylation sites is 1. The average molecular weight is 495 g/mol. The van der Waals surface area contributed by atoms with Crippen molar-refractivity contribution in [1.82, 2.24) is 4.57 Å². The van der Waals surface area contributed by atoms with Crippen LogP contribution in [0.25, 0.3) is 22.4 Å². The second kappa shape index (κ2) is 10.2. The molecule has 0 fully saturated rings. The van der Waals surface area contributed by atoms with E-state index in [1.54, 1.807) is 7.11 Å². The highest BCUT2D eigenvalue weighted by molar-refractivity contribution is 6.12. The zero-order valence-corrected chi connectivity index (χ0v) is 20.5. The Kier molecular flexibility index (Phi) is 6.62. The van der Waals surface area contributed by atoms with Gasteiger partial charge in [0.1, 0.15) is 5.75 Å². The summed E-state index contributed by atoms with van der Waals surface area (Å²) in [5, 5.41) is 13.3. The summed E-state index contributed by atoms with van der Waals surface area (Å²) in [6.07, 6.45) is -0.0341. The van der Waals surface area contributed by atoms with Crippen LogP contribution in [0.15, 0.2) is 96.6 Å². The smallest absolute Gasteiger partial charge is 0.333 e. The fourth-order valence-electron chi connectivity index (χ4n) is 4.61. The summed E-state index contributed by atoms with van der Waals surface area (Å²) < 4.78 is 12.2. The first-order valence-corrected chi connectivity index (χ1v) is 11.8. The predicted molar refractivity (Wildman–Crippen MR) is 141 cm³/mol. The van der Waals surface area contributed by atoms with E-state index in [4.69, 9.17) is 9.47 Å². The fourth-order valence-corrected chi connectivity index (χ4v) is 4.61. The van der Waals surface area contributed by atoms with E-state index in [-0.39, 0.29) is 12.5 Å². The molecule has 5 rings (SSSR count). The lowest BCUT2D eigenvalue weighted by molar-refractivity contribution is -0.151. The maximum atomic E-state index is 13.8. The van der Waals surface area contributed by atoms with E-state index >= 15 is 0 Å². The van der Waals surface area contributed by atoms with E-state index in [9.17, 15) is 14.7 Å². The van der Waals surface area contributed by atoms with Gasteiger partial charge in [0, 0.05) is 28.6 Å². The van der Waals surface area contributed by atoms with Crippen LogP contribution in [0.3, 0.4) is 0 Å². The predicted octanol–water partition coefficient (Wildman–Crippen LogP) is 5.19. The van der Waals surface area contributed by atoms with Crippen LogP contribution in [0.1, 0.15) is 16.1 Å². The van der Waals surface area contributed by atoms with Gasteiger partial charge in [-0.1, -0.05) is 48.5 Å². The summed E-state index contributed by atoms with van der Waals surface area (Å²) in [6, 6.07) is 26.5. The molecule has 0 aliphatic carbocycles. The van der Waals surface area contributed by atoms with Crippen molar-refractivity contribution < 1.29 is 24.2 Å². The Labute approximate surface area is 214 Å². The Hall–Kier alpha value is -4.62. The number of aliphatic hydroxyl groups excluding tert-OH is 1. The molecule has 1 aliphatic rings. The van der Waals surface area contributed by atoms with Gasteiger partial charge >= 0.3 is 5.97 Å². The molecule has 1 amide bonds. The summed E-state index contributed by atoms with van der Waals surface area (Å²) >= 11 is 0. The Morgan fingerprint density at radius 2 is 1.62 bits per heavy atom. The number of amides is 1. The summed E-state index contributed by atoms with van der Waals surface area (Å²) in [5.41, 5.74) is 5.51. The number of cyclic esters (lactones) is 1. The summed E-state index contributed by atoms with van der Waals surface area (Å²) in [6.45, 7) is 2.03. The van der Waals surface area contributed by atoms with Crippen LogP contribution in [0.2, 0.25) is 0 Å². The molecule has 3 aromatic carbocycles. The molecule has 7 nitrogen and oxygen atoms in total. The largest absolute Gasteiger partial charge is 0.497 e. The van der Waals surface area contributed by atoms with Crippen LogP contribution < -0.4 is 10.1 Å². The molecule has 0 radical (unpaired) electrons. The van der Waals surface area contributed by atoms with Crippen molar-refractivity contribution in [3.8, 4) is 28.1 Å². The van der Waals surface area contributed by atoms with E-state index in [1.807, 2.05) is 96.4 Å². The number of ether oxygens (including phenoxy) is 2. The summed E-state index contributed by atoms with van der Waals surface area (Å²) in [7, 11) is 1.61. The quantitative estimate of drug-likeness (QED) is 0.345. The maximum Gasteiger partial charge on any atom is 0.333 e. The minimum absolute atomic E-state index is 0.165. The number of nitrogens with one attached hydrogen (secondary N) is 1. The third kappa shape index (κ3) is 4.77. The number of nitrogens with zero attached hydrogens (tertiary/aromatic N) is 1. The highest BCUT2D eigenvalue weighted by Gasteiger charge is 2.30. The van der Waals surface area contributed by atoms with Gasteiger partial charge in [0.05, 0.1) is 24.9 Å². The number of esters is 1. The van der Waals surface area contributed by atoms with Gasteiger partial charge in [-0.05, 0) is 54.4 Å². The molecule has 0 spiro atoms. The Balaban J connectivity index is 1.74. The minimum Gasteiger partial charge on any atom is -0.497 e. The lowest BCUT2D eigenvalue weighted by atomic mass is 9.96. The maximum absolute atomic E-state index is 13.8. The molecular weight excluding hydrogens is 468 g/mol. The molecule has 1 unspecified atom stereocenters. The number of aliphatic hydroxyl groups is 1. The molecule has 1 aromatic heterocycles. The number of benzene rings is 3. The minimum atomic E-state index is -1.33. The molecular formula is C30H26N2O5. The molecule has 0 saturated heterocycles. The third-order valence-electron chi connectivity index (χ3n) is 6.40. The van der Waals surface area contributed by atoms with Crippen molar-refractivity contribution in [3.05, 3.63) is 108 Å². The van der Waals surface area contributed by atoms with Crippen molar-refractivity contribution in [3.63, 3.8) is 0 Å². The Bertz CT molecular complexity index is 1470. The van der Waals surface area contributed by atoms with E-state index in [0.29, 0.717) is 28.3 Å². The molecule has 2 heterocycles. The number of rotatable bonds is 7. The molecule has 186 valence electrons. The monoisotopic (exact) mass is 494 g/mol. The molecule has 2 N–H and O–H groups in total. The second-order valence-corrected chi connectivity index (χ2v) is 8.69. The van der Waals surface area contributed by atoms with E-state index in [0.717, 1.165) is 22.4 Å². The molecule has 0 bridgehead atoms. The van der Waals surface area contributed by atoms with Gasteiger partial charge in [-0.3, -0.25) is 4.79 Å². The number of methoxy groups -OCH3 is 1. The average Bonchev–Trinajstić information content (AvgIpc) is 3.39. The first-order chi connectivity index (χ1) is 18.0. The fraction of sp³-hybridized carbons (Fsp3) is 0.133. The number of carbonyl (C=O) groups is 2. The Morgan fingerprint density at radius 3 is 2.22 bits per heavy atom. The first kappa shape index (κ1) is 24.1. The van der Waals surface area contributed by atoms with Crippen molar-refractivity contribution >= 4 is 17.6 Å². The van der Waals surface area contributed by atoms with Crippen molar-refractivity contribution in [2.45, 2.75) is 19.8 Å². The molecule has 0 saturated carbocycles. The van der Waals surface area contributed by atoms with Gasteiger partial charge in [-0.2, -0.15) is 0 Å². The standard InChI is InChI=1S/C30H26N2O5/c1-19-26(29(34)31-23-11-7-4-8-12-23)27(20-9-5-3-6-10-20)28(21-13-15-24(36-2)16-14-21)32(19)18-22-17-25(33)37-30(22)35/h3-17,30,35H,18H2,1-2H3,(H,31,34). The number of carbonyl (C=O) groups excluding carboxylic acids is 2. The SMILES string of the molecule is COc1ccc(-c2c(-c3ccccc3)c(C(=O)Nc3ccccc3)c(C)n2CC2=CC(=O)OC2O)cc1. The van der Waals surface area contributed by atoms with E-state index in [2.05, 4.69) is 5.32 Å². The van der Waals surface area contributed by atoms with E-state index in [1.165, 1.54) is 6.08 Å². The van der Waals surface area contributed by atoms with Crippen LogP contribution in [0.4, 0.5) is 5.69 Å². The van der Waals surface area contributed by atoms with Gasteiger partial charge in [-0.15, -0.1) is 0 Å². The first-order valence-electron chi connectivity index (χ1n) is 11.8. The number of aromatic nitrogens is 1. The van der Waals surface area contributed by atoms with Crippen LogP contribution in [-0.4, -0.2) is 34.9 Å². The highest BCUT2D eigenvalue weighted by atomic mass is 16.6. The van der Waals surface area contributed by atoms with Crippen LogP contribution in [0.5, 0.6) is 5.75 Å². The molecule has 7 heteroatoms. The zero-order chi connectivity index (χ0) is 25.9. The van der Waals surface area contributed by atoms with E-state index < -0.39 is 12.3 Å². The number of hydrogen-bond donors (Lipinski definition) is 2. The molecule has 1 atom stereocenters. The third-order valence-corrected chi connectivity index (χ3v) is 6.40. The molecule has 1 aliphatic heterocycles. The molecule has 37 heavy (non-hydrogen) atoms. The van der Waals surface area contributed by atoms with Gasteiger partial charge in [0.15, 0.2) is 0 Å². The van der Waals surface area contributed by atoms with Crippen molar-refractivity contribution in [2.24, 2.45) is 0 Å². The van der Waals surface area contributed by atoms with Crippen LogP contribution >= 0.6 is 0 Å². The summed E-state index contributed by atoms with van der Waals surface area (Å²) in [5.74, 6) is -0.150. The second-order valence-electron chi connectivity index (χ2n) is 8.69. The lowest BCUT2D eigenvalue weighted by Crippen LogP contribution is -2.16. The summed E-state index contributed by atoms with van der Waals surface area (Å²) in [4.78, 5) is 25.6. The van der Waals surface area contributed by atoms with Crippen molar-refractivity contribution in [1.29, 1.82) is 0 Å². The number of hydrogen-bond acceptors (Lipinski definition) is 5. The van der Waals surface area contributed by atoms with Gasteiger partial charge in [-0.25, -0.2) is 4.79 Å². The van der Waals surface area contributed by atoms with Gasteiger partial charge in [0.25, 0.3) is 5.91 Å².